The Bertz CT molecular complexity index is 675. The van der Waals surface area contributed by atoms with Crippen molar-refractivity contribution in [3.05, 3.63) is 29.8 Å². The molecule has 1 amide bonds. The predicted molar refractivity (Wildman–Crippen MR) is 98.1 cm³/mol. The molecule has 6 nitrogen and oxygen atoms in total. The van der Waals surface area contributed by atoms with Crippen LogP contribution in [0, 0.1) is 5.92 Å². The molecule has 1 atom stereocenters. The highest BCUT2D eigenvalue weighted by atomic mass is 32.2. The van der Waals surface area contributed by atoms with E-state index in [1.165, 1.54) is 9.87 Å². The maximum absolute atomic E-state index is 12.3. The topological polar surface area (TPSA) is 75.7 Å². The van der Waals surface area contributed by atoms with Crippen LogP contribution in [0.5, 0.6) is 5.75 Å². The average molecular weight is 368 g/mol. The monoisotopic (exact) mass is 368 g/mol. The van der Waals surface area contributed by atoms with Crippen LogP contribution in [0.4, 0.5) is 0 Å². The molecule has 0 radical (unpaired) electrons. The largest absolute Gasteiger partial charge is 0.497 e. The van der Waals surface area contributed by atoms with Gasteiger partial charge in [-0.3, -0.25) is 4.79 Å². The zero-order chi connectivity index (χ0) is 18.3. The van der Waals surface area contributed by atoms with Gasteiger partial charge < -0.3 is 10.1 Å². The van der Waals surface area contributed by atoms with Gasteiger partial charge in [-0.05, 0) is 50.3 Å². The van der Waals surface area contributed by atoms with Crippen LogP contribution in [-0.4, -0.2) is 51.1 Å². The van der Waals surface area contributed by atoms with E-state index in [1.807, 2.05) is 24.3 Å². The van der Waals surface area contributed by atoms with Crippen LogP contribution in [0.3, 0.4) is 0 Å². The van der Waals surface area contributed by atoms with E-state index in [4.69, 9.17) is 4.74 Å². The van der Waals surface area contributed by atoms with Crippen LogP contribution >= 0.6 is 0 Å². The Hall–Kier alpha value is -1.60. The van der Waals surface area contributed by atoms with Gasteiger partial charge in [0.15, 0.2) is 0 Å². The van der Waals surface area contributed by atoms with Crippen molar-refractivity contribution < 1.29 is 17.9 Å². The maximum atomic E-state index is 12.3. The fourth-order valence-corrected chi connectivity index (χ4v) is 4.25. The van der Waals surface area contributed by atoms with Crippen molar-refractivity contribution in [3.63, 3.8) is 0 Å². The number of carbonyl (C=O) groups excluding carboxylic acids is 1. The Labute approximate surface area is 150 Å². The number of benzene rings is 1. The van der Waals surface area contributed by atoms with Gasteiger partial charge in [0.05, 0.1) is 18.8 Å². The summed E-state index contributed by atoms with van der Waals surface area (Å²) in [5.41, 5.74) is 1.17. The van der Waals surface area contributed by atoms with E-state index in [0.29, 0.717) is 19.6 Å². The molecule has 2 rings (SSSR count). The molecule has 0 saturated carbocycles. The molecule has 1 aromatic rings. The van der Waals surface area contributed by atoms with Crippen LogP contribution in [-0.2, 0) is 21.2 Å². The summed E-state index contributed by atoms with van der Waals surface area (Å²) in [6.45, 7) is 3.05. The molecule has 0 aromatic heterocycles. The second-order valence-corrected chi connectivity index (χ2v) is 8.60. The third-order valence-electron chi connectivity index (χ3n) is 4.59. The van der Waals surface area contributed by atoms with Crippen molar-refractivity contribution in [2.45, 2.75) is 32.6 Å². The van der Waals surface area contributed by atoms with E-state index in [1.54, 1.807) is 14.0 Å². The number of hydrogen-bond acceptors (Lipinski definition) is 4. The predicted octanol–water partition coefficient (Wildman–Crippen LogP) is 1.81. The van der Waals surface area contributed by atoms with E-state index < -0.39 is 10.0 Å². The van der Waals surface area contributed by atoms with Crippen LogP contribution in [0.2, 0.25) is 0 Å². The molecule has 0 bridgehead atoms. The normalized spacial score (nSPS) is 18.7. The summed E-state index contributed by atoms with van der Waals surface area (Å²) < 4.78 is 30.6. The number of rotatable bonds is 8. The first-order valence-corrected chi connectivity index (χ1v) is 10.5. The summed E-state index contributed by atoms with van der Waals surface area (Å²) in [6.07, 6.45) is 3.18. The van der Waals surface area contributed by atoms with Gasteiger partial charge in [0.25, 0.3) is 0 Å². The van der Waals surface area contributed by atoms with Gasteiger partial charge in [0, 0.05) is 19.6 Å². The second-order valence-electron chi connectivity index (χ2n) is 6.34. The number of methoxy groups -OCH3 is 1. The first kappa shape index (κ1) is 19.7. The third kappa shape index (κ3) is 5.71. The minimum absolute atomic E-state index is 0.0401. The summed E-state index contributed by atoms with van der Waals surface area (Å²) in [4.78, 5) is 12.3. The summed E-state index contributed by atoms with van der Waals surface area (Å²) in [7, 11) is -1.57. The second kappa shape index (κ2) is 9.20. The molecule has 1 aromatic carbocycles. The fourth-order valence-electron chi connectivity index (χ4n) is 3.07. The smallest absolute Gasteiger partial charge is 0.224 e. The SMILES string of the molecule is CCS(=O)(=O)N1CCCC(C(=O)NCCCc2cccc(OC)c2)C1. The lowest BCUT2D eigenvalue weighted by Crippen LogP contribution is -2.46. The van der Waals surface area contributed by atoms with Crippen molar-refractivity contribution in [1.82, 2.24) is 9.62 Å². The first-order valence-electron chi connectivity index (χ1n) is 8.84. The molecular formula is C18H28N2O4S. The van der Waals surface area contributed by atoms with Gasteiger partial charge in [0.2, 0.25) is 15.9 Å². The van der Waals surface area contributed by atoms with Crippen molar-refractivity contribution in [1.29, 1.82) is 0 Å². The molecule has 1 aliphatic rings. The van der Waals surface area contributed by atoms with Gasteiger partial charge in [-0.15, -0.1) is 0 Å². The summed E-state index contributed by atoms with van der Waals surface area (Å²) in [6, 6.07) is 7.90. The molecule has 1 heterocycles. The van der Waals surface area contributed by atoms with Gasteiger partial charge in [-0.25, -0.2) is 12.7 Å². The Morgan fingerprint density at radius 2 is 2.20 bits per heavy atom. The fraction of sp³-hybridized carbons (Fsp3) is 0.611. The molecule has 0 aliphatic carbocycles. The molecular weight excluding hydrogens is 340 g/mol. The van der Waals surface area contributed by atoms with Crippen LogP contribution < -0.4 is 10.1 Å². The summed E-state index contributed by atoms with van der Waals surface area (Å²) in [5.74, 6) is 0.636. The minimum Gasteiger partial charge on any atom is -0.497 e. The number of piperidine rings is 1. The molecule has 1 saturated heterocycles. The van der Waals surface area contributed by atoms with Crippen molar-refractivity contribution >= 4 is 15.9 Å². The molecule has 0 spiro atoms. The van der Waals surface area contributed by atoms with Gasteiger partial charge in [-0.2, -0.15) is 0 Å². The molecule has 1 N–H and O–H groups in total. The van der Waals surface area contributed by atoms with Gasteiger partial charge >= 0.3 is 0 Å². The zero-order valence-electron chi connectivity index (χ0n) is 15.0. The Morgan fingerprint density at radius 3 is 2.92 bits per heavy atom. The summed E-state index contributed by atoms with van der Waals surface area (Å²) in [5, 5.41) is 2.95. The highest BCUT2D eigenvalue weighted by Crippen LogP contribution is 2.19. The number of carbonyl (C=O) groups is 1. The average Bonchev–Trinajstić information content (AvgIpc) is 2.65. The number of amides is 1. The molecule has 1 fully saturated rings. The highest BCUT2D eigenvalue weighted by Gasteiger charge is 2.31. The lowest BCUT2D eigenvalue weighted by molar-refractivity contribution is -0.126. The third-order valence-corrected chi connectivity index (χ3v) is 6.44. The quantitative estimate of drug-likeness (QED) is 0.710. The van der Waals surface area contributed by atoms with E-state index in [-0.39, 0.29) is 17.6 Å². The first-order chi connectivity index (χ1) is 12.0. The Morgan fingerprint density at radius 1 is 1.40 bits per heavy atom. The molecule has 1 aliphatic heterocycles. The number of aryl methyl sites for hydroxylation is 1. The Kier molecular flexibility index (Phi) is 7.25. The molecule has 140 valence electrons. The number of nitrogens with one attached hydrogen (secondary N) is 1. The molecule has 1 unspecified atom stereocenters. The van der Waals surface area contributed by atoms with Crippen LogP contribution in [0.15, 0.2) is 24.3 Å². The number of nitrogens with zero attached hydrogens (tertiary/aromatic N) is 1. The molecule has 25 heavy (non-hydrogen) atoms. The van der Waals surface area contributed by atoms with Crippen molar-refractivity contribution in [2.75, 3.05) is 32.5 Å². The number of sulfonamides is 1. The molecule has 7 heteroatoms. The lowest BCUT2D eigenvalue weighted by atomic mass is 9.99. The highest BCUT2D eigenvalue weighted by molar-refractivity contribution is 7.89. The minimum atomic E-state index is -3.21. The van der Waals surface area contributed by atoms with E-state index in [0.717, 1.165) is 31.4 Å². The summed E-state index contributed by atoms with van der Waals surface area (Å²) >= 11 is 0. The van der Waals surface area contributed by atoms with Crippen LogP contribution in [0.25, 0.3) is 0 Å². The van der Waals surface area contributed by atoms with E-state index in [9.17, 15) is 13.2 Å². The van der Waals surface area contributed by atoms with E-state index in [2.05, 4.69) is 5.32 Å². The van der Waals surface area contributed by atoms with Gasteiger partial charge in [0.1, 0.15) is 5.75 Å². The zero-order valence-corrected chi connectivity index (χ0v) is 15.8. The standard InChI is InChI=1S/C18H28N2O4S/c1-3-25(22,23)20-12-6-9-16(14-20)18(21)19-11-5-8-15-7-4-10-17(13-15)24-2/h4,7,10,13,16H,3,5-6,8-9,11-12,14H2,1-2H3,(H,19,21). The lowest BCUT2D eigenvalue weighted by Gasteiger charge is -2.30. The Balaban J connectivity index is 1.76. The van der Waals surface area contributed by atoms with E-state index >= 15 is 0 Å². The van der Waals surface area contributed by atoms with Crippen molar-refractivity contribution in [2.24, 2.45) is 5.92 Å². The number of hydrogen-bond donors (Lipinski definition) is 1. The van der Waals surface area contributed by atoms with Gasteiger partial charge in [-0.1, -0.05) is 12.1 Å². The van der Waals surface area contributed by atoms with Crippen molar-refractivity contribution in [3.8, 4) is 5.75 Å². The van der Waals surface area contributed by atoms with Crippen LogP contribution in [0.1, 0.15) is 31.7 Å². The maximum Gasteiger partial charge on any atom is 0.224 e. The number of ether oxygens (including phenoxy) is 1.